The van der Waals surface area contributed by atoms with Crippen molar-refractivity contribution in [3.63, 3.8) is 0 Å². The average Bonchev–Trinajstić information content (AvgIpc) is 2.80. The van der Waals surface area contributed by atoms with Crippen LogP contribution in [0.25, 0.3) is 0 Å². The van der Waals surface area contributed by atoms with Gasteiger partial charge in [-0.1, -0.05) is 78.4 Å². The number of rotatable bonds is 13. The topological polar surface area (TPSA) is 46.5 Å². The number of halogens is 1. The van der Waals surface area contributed by atoms with Gasteiger partial charge in [-0.15, -0.1) is 0 Å². The molecule has 0 aliphatic carbocycles. The van der Waals surface area contributed by atoms with E-state index in [1.807, 2.05) is 19.9 Å². The standard InChI is InChI=1S/C31H46FO3Si/c1-21(2)26-13-10-12-24(15-16-33)28(26)17-25(19-35-20-36(8)31(5,6)7)23(4)30(34)18-27-22(3)11-9-14-29(27)32/h9-14,21,23,25,33H,15-20H2,1-8H3/t23?,25-/m1/s1. The summed E-state index contributed by atoms with van der Waals surface area (Å²) < 4.78 is 20.8. The number of hydrogen-bond acceptors (Lipinski definition) is 3. The number of ether oxygens (including phenoxy) is 1. The van der Waals surface area contributed by atoms with E-state index in [4.69, 9.17) is 4.74 Å². The van der Waals surface area contributed by atoms with E-state index in [0.717, 1.165) is 17.4 Å². The van der Waals surface area contributed by atoms with Crippen molar-refractivity contribution in [2.45, 2.75) is 85.2 Å². The lowest BCUT2D eigenvalue weighted by atomic mass is 9.80. The van der Waals surface area contributed by atoms with Crippen LogP contribution in [-0.4, -0.2) is 39.1 Å². The maximum atomic E-state index is 14.5. The summed E-state index contributed by atoms with van der Waals surface area (Å²) in [5, 5.41) is 9.93. The zero-order chi connectivity index (χ0) is 27.0. The van der Waals surface area contributed by atoms with Crippen molar-refractivity contribution in [1.29, 1.82) is 0 Å². The molecule has 3 nitrogen and oxygen atoms in total. The highest BCUT2D eigenvalue weighted by Crippen LogP contribution is 2.31. The molecular weight excluding hydrogens is 467 g/mol. The molecular formula is C31H46FO3Si. The Kier molecular flexibility index (Phi) is 11.5. The van der Waals surface area contributed by atoms with Gasteiger partial charge >= 0.3 is 0 Å². The molecule has 2 atom stereocenters. The van der Waals surface area contributed by atoms with Gasteiger partial charge in [-0.3, -0.25) is 4.79 Å². The number of aliphatic hydroxyl groups is 1. The normalized spacial score (nSPS) is 13.9. The third kappa shape index (κ3) is 8.36. The Morgan fingerprint density at radius 2 is 1.75 bits per heavy atom. The number of carbonyl (C=O) groups excluding carboxylic acids is 1. The Morgan fingerprint density at radius 3 is 2.33 bits per heavy atom. The predicted octanol–water partition coefficient (Wildman–Crippen LogP) is 6.88. The molecule has 0 aromatic heterocycles. The average molecular weight is 514 g/mol. The van der Waals surface area contributed by atoms with Crippen molar-refractivity contribution in [3.05, 3.63) is 70.0 Å². The van der Waals surface area contributed by atoms with Gasteiger partial charge in [0.15, 0.2) is 0 Å². The first-order valence-corrected chi connectivity index (χ1v) is 15.5. The first kappa shape index (κ1) is 30.4. The van der Waals surface area contributed by atoms with Crippen LogP contribution in [0.15, 0.2) is 36.4 Å². The van der Waals surface area contributed by atoms with Crippen molar-refractivity contribution < 1.29 is 19.0 Å². The number of hydrogen-bond donors (Lipinski definition) is 1. The first-order valence-electron chi connectivity index (χ1n) is 13.3. The molecule has 2 aromatic rings. The fraction of sp³-hybridized carbons (Fsp3) is 0.581. The van der Waals surface area contributed by atoms with Crippen LogP contribution in [0.4, 0.5) is 4.39 Å². The van der Waals surface area contributed by atoms with Crippen LogP contribution in [0.5, 0.6) is 0 Å². The second-order valence-corrected chi connectivity index (χ2v) is 14.9. The Hall–Kier alpha value is -1.82. The number of aryl methyl sites for hydroxylation is 1. The summed E-state index contributed by atoms with van der Waals surface area (Å²) in [4.78, 5) is 13.5. The zero-order valence-corrected chi connectivity index (χ0v) is 24.6. The number of carbonyl (C=O) groups is 1. The molecule has 5 heteroatoms. The van der Waals surface area contributed by atoms with Crippen molar-refractivity contribution in [3.8, 4) is 0 Å². The van der Waals surface area contributed by atoms with E-state index in [1.165, 1.54) is 17.2 Å². The Balaban J connectivity index is 2.35. The lowest BCUT2D eigenvalue weighted by Gasteiger charge is -2.29. The zero-order valence-electron chi connectivity index (χ0n) is 23.6. The van der Waals surface area contributed by atoms with Crippen LogP contribution in [0.1, 0.15) is 75.3 Å². The fourth-order valence-electron chi connectivity index (χ4n) is 4.51. The molecule has 0 aliphatic rings. The SMILES string of the molecule is Cc1cccc(F)c1CC(=O)C(C)[C@@H](COC[Si](C)C(C)(C)C)Cc1c(CCO)cccc1C(C)C. The summed E-state index contributed by atoms with van der Waals surface area (Å²) in [5.41, 5.74) is 4.90. The summed E-state index contributed by atoms with van der Waals surface area (Å²) in [6, 6.07) is 11.3. The smallest absolute Gasteiger partial charge is 0.140 e. The van der Waals surface area contributed by atoms with E-state index < -0.39 is 8.80 Å². The van der Waals surface area contributed by atoms with Gasteiger partial charge in [0.25, 0.3) is 0 Å². The van der Waals surface area contributed by atoms with Crippen molar-refractivity contribution in [2.24, 2.45) is 11.8 Å². The van der Waals surface area contributed by atoms with Gasteiger partial charge in [-0.2, -0.15) is 0 Å². The van der Waals surface area contributed by atoms with Gasteiger partial charge in [0, 0.05) is 31.8 Å². The van der Waals surface area contributed by atoms with Crippen LogP contribution < -0.4 is 0 Å². The van der Waals surface area contributed by atoms with E-state index in [0.29, 0.717) is 30.9 Å². The molecule has 2 rings (SSSR count). The molecule has 199 valence electrons. The molecule has 0 bridgehead atoms. The maximum absolute atomic E-state index is 14.5. The lowest BCUT2D eigenvalue weighted by molar-refractivity contribution is -0.124. The van der Waals surface area contributed by atoms with Crippen LogP contribution >= 0.6 is 0 Å². The molecule has 1 radical (unpaired) electrons. The summed E-state index contributed by atoms with van der Waals surface area (Å²) in [6.07, 6.45) is 2.12. The third-order valence-corrected chi connectivity index (χ3v) is 10.8. The summed E-state index contributed by atoms with van der Waals surface area (Å²) in [6.45, 7) is 17.8. The van der Waals surface area contributed by atoms with Crippen LogP contribution in [0.2, 0.25) is 11.6 Å². The number of aliphatic hydroxyl groups excluding tert-OH is 1. The molecule has 1 N–H and O–H groups in total. The van der Waals surface area contributed by atoms with E-state index in [-0.39, 0.29) is 41.5 Å². The molecule has 36 heavy (non-hydrogen) atoms. The monoisotopic (exact) mass is 513 g/mol. The van der Waals surface area contributed by atoms with Gasteiger partial charge in [-0.25, -0.2) is 4.39 Å². The minimum Gasteiger partial charge on any atom is -0.396 e. The molecule has 0 fully saturated rings. The first-order chi connectivity index (χ1) is 16.9. The van der Waals surface area contributed by atoms with E-state index in [9.17, 15) is 14.3 Å². The van der Waals surface area contributed by atoms with Gasteiger partial charge in [0.1, 0.15) is 11.6 Å². The maximum Gasteiger partial charge on any atom is 0.140 e. The summed E-state index contributed by atoms with van der Waals surface area (Å²) in [7, 11) is -0.705. The fourth-order valence-corrected chi connectivity index (χ4v) is 5.37. The summed E-state index contributed by atoms with van der Waals surface area (Å²) >= 11 is 0. The number of benzene rings is 2. The minimum absolute atomic E-state index is 0.0308. The van der Waals surface area contributed by atoms with E-state index in [2.05, 4.69) is 59.4 Å². The molecule has 0 saturated heterocycles. The van der Waals surface area contributed by atoms with E-state index >= 15 is 0 Å². The molecule has 0 aliphatic heterocycles. The van der Waals surface area contributed by atoms with Crippen molar-refractivity contribution in [2.75, 3.05) is 19.4 Å². The van der Waals surface area contributed by atoms with Gasteiger partial charge < -0.3 is 9.84 Å². The van der Waals surface area contributed by atoms with Crippen LogP contribution in [0, 0.1) is 24.6 Å². The lowest BCUT2D eigenvalue weighted by Crippen LogP contribution is -2.33. The largest absolute Gasteiger partial charge is 0.396 e. The number of Topliss-reactive ketones (excluding diaryl/α,β-unsaturated/α-hetero) is 1. The second kappa shape index (κ2) is 13.6. The highest BCUT2D eigenvalue weighted by molar-refractivity contribution is 6.60. The molecule has 0 spiro atoms. The van der Waals surface area contributed by atoms with Gasteiger partial charge in [0.2, 0.25) is 0 Å². The Labute approximate surface area is 220 Å². The highest BCUT2D eigenvalue weighted by Gasteiger charge is 2.29. The molecule has 0 saturated carbocycles. The molecule has 2 aromatic carbocycles. The number of ketones is 1. The third-order valence-electron chi connectivity index (χ3n) is 7.63. The Bertz CT molecular complexity index is 976. The van der Waals surface area contributed by atoms with E-state index in [1.54, 1.807) is 6.07 Å². The molecule has 1 unspecified atom stereocenters. The predicted molar refractivity (Wildman–Crippen MR) is 150 cm³/mol. The second-order valence-electron chi connectivity index (χ2n) is 11.6. The van der Waals surface area contributed by atoms with Crippen LogP contribution in [0.3, 0.4) is 0 Å². The van der Waals surface area contributed by atoms with Crippen molar-refractivity contribution in [1.82, 2.24) is 0 Å². The molecule has 0 heterocycles. The Morgan fingerprint density at radius 1 is 1.08 bits per heavy atom. The molecule has 0 amide bonds. The van der Waals surface area contributed by atoms with Gasteiger partial charge in [-0.05, 0) is 70.5 Å². The van der Waals surface area contributed by atoms with Crippen LogP contribution in [-0.2, 0) is 28.8 Å². The van der Waals surface area contributed by atoms with Gasteiger partial charge in [0.05, 0.1) is 8.80 Å². The highest BCUT2D eigenvalue weighted by atomic mass is 28.3. The minimum atomic E-state index is -0.705. The van der Waals surface area contributed by atoms with Crippen molar-refractivity contribution >= 4 is 14.6 Å². The summed E-state index contributed by atoms with van der Waals surface area (Å²) in [5.74, 6) is -0.258. The quantitative estimate of drug-likeness (QED) is 0.297.